The van der Waals surface area contributed by atoms with Gasteiger partial charge in [0.05, 0.1) is 0 Å². The highest BCUT2D eigenvalue weighted by Crippen LogP contribution is 2.27. The summed E-state index contributed by atoms with van der Waals surface area (Å²) in [6.07, 6.45) is 4.98. The van der Waals surface area contributed by atoms with Crippen LogP contribution in [0, 0.1) is 0 Å². The molecule has 0 saturated heterocycles. The van der Waals surface area contributed by atoms with Gasteiger partial charge in [0, 0.05) is 29.1 Å². The topological polar surface area (TPSA) is 33.2 Å². The highest BCUT2D eigenvalue weighted by molar-refractivity contribution is 9.10. The maximum atomic E-state index is 12.4. The van der Waals surface area contributed by atoms with E-state index in [0.29, 0.717) is 24.2 Å². The van der Waals surface area contributed by atoms with Crippen LogP contribution >= 0.6 is 27.5 Å². The number of hydrogen-bond donors (Lipinski definition) is 0. The summed E-state index contributed by atoms with van der Waals surface area (Å²) in [6.45, 7) is 0.591. The Kier molecular flexibility index (Phi) is 4.40. The third kappa shape index (κ3) is 2.80. The normalized spacial score (nSPS) is 15.4. The van der Waals surface area contributed by atoms with Gasteiger partial charge in [0.25, 0.3) is 5.91 Å². The molecule has 17 heavy (non-hydrogen) atoms. The van der Waals surface area contributed by atoms with Gasteiger partial charge in [0.15, 0.2) is 0 Å². The van der Waals surface area contributed by atoms with Crippen molar-refractivity contribution in [2.45, 2.75) is 25.3 Å². The number of rotatable bonds is 4. The number of alkyl halides is 1. The third-order valence-corrected chi connectivity index (χ3v) is 3.87. The molecule has 0 atom stereocenters. The first kappa shape index (κ1) is 12.8. The van der Waals surface area contributed by atoms with Crippen molar-refractivity contribution in [2.24, 2.45) is 0 Å². The van der Waals surface area contributed by atoms with Gasteiger partial charge >= 0.3 is 0 Å². The van der Waals surface area contributed by atoms with Crippen LogP contribution in [0.2, 0.25) is 0 Å². The van der Waals surface area contributed by atoms with Gasteiger partial charge in [-0.1, -0.05) is 0 Å². The van der Waals surface area contributed by atoms with Crippen LogP contribution < -0.4 is 0 Å². The molecule has 1 aromatic rings. The summed E-state index contributed by atoms with van der Waals surface area (Å²) in [6, 6.07) is 3.98. The monoisotopic (exact) mass is 316 g/mol. The highest BCUT2D eigenvalue weighted by atomic mass is 79.9. The van der Waals surface area contributed by atoms with Crippen LogP contribution in [0.5, 0.6) is 0 Å². The molecule has 1 aromatic heterocycles. The first-order valence-electron chi connectivity index (χ1n) is 5.71. The lowest BCUT2D eigenvalue weighted by Crippen LogP contribution is -2.45. The van der Waals surface area contributed by atoms with Gasteiger partial charge in [-0.3, -0.25) is 4.79 Å². The first-order chi connectivity index (χ1) is 8.24. The maximum Gasteiger partial charge on any atom is 0.273 e. The van der Waals surface area contributed by atoms with Crippen LogP contribution in [0.1, 0.15) is 29.8 Å². The van der Waals surface area contributed by atoms with E-state index in [1.807, 2.05) is 11.0 Å². The molecule has 0 unspecified atom stereocenters. The van der Waals surface area contributed by atoms with Crippen molar-refractivity contribution in [3.05, 3.63) is 28.5 Å². The van der Waals surface area contributed by atoms with Gasteiger partial charge in [-0.05, 0) is 47.3 Å². The summed E-state index contributed by atoms with van der Waals surface area (Å²) in [5.74, 6) is 0.440. The predicted octanol–water partition coefficient (Wildman–Crippen LogP) is 3.08. The van der Waals surface area contributed by atoms with Crippen molar-refractivity contribution >= 4 is 33.4 Å². The summed E-state index contributed by atoms with van der Waals surface area (Å²) >= 11 is 9.13. The van der Waals surface area contributed by atoms with Gasteiger partial charge in [-0.2, -0.15) is 0 Å². The van der Waals surface area contributed by atoms with E-state index in [9.17, 15) is 4.79 Å². The largest absolute Gasteiger partial charge is 0.333 e. The van der Waals surface area contributed by atoms with Crippen LogP contribution in [0.25, 0.3) is 0 Å². The van der Waals surface area contributed by atoms with Crippen LogP contribution in [0.15, 0.2) is 22.8 Å². The quantitative estimate of drug-likeness (QED) is 0.800. The molecule has 0 aliphatic heterocycles. The van der Waals surface area contributed by atoms with Crippen molar-refractivity contribution < 1.29 is 4.79 Å². The molecule has 0 radical (unpaired) electrons. The predicted molar refractivity (Wildman–Crippen MR) is 71.3 cm³/mol. The molecular formula is C12H14BrClN2O. The summed E-state index contributed by atoms with van der Waals surface area (Å²) in [4.78, 5) is 18.4. The number of pyridine rings is 1. The molecule has 1 saturated carbocycles. The van der Waals surface area contributed by atoms with Crippen molar-refractivity contribution in [3.8, 4) is 0 Å². The lowest BCUT2D eigenvalue weighted by atomic mass is 9.91. The lowest BCUT2D eigenvalue weighted by Gasteiger charge is -2.37. The molecule has 0 N–H and O–H groups in total. The van der Waals surface area contributed by atoms with Crippen molar-refractivity contribution in [3.63, 3.8) is 0 Å². The van der Waals surface area contributed by atoms with E-state index in [2.05, 4.69) is 20.9 Å². The molecule has 1 fully saturated rings. The minimum absolute atomic E-state index is 0.0252. The minimum Gasteiger partial charge on any atom is -0.333 e. The second-order valence-electron chi connectivity index (χ2n) is 4.11. The standard InChI is InChI=1S/C12H14BrClN2O/c13-10-5-2-7-15-11(10)12(17)16(8-6-14)9-3-1-4-9/h2,5,7,9H,1,3-4,6,8H2. The Morgan fingerprint density at radius 1 is 1.59 bits per heavy atom. The number of amides is 1. The van der Waals surface area contributed by atoms with Gasteiger partial charge in [-0.15, -0.1) is 11.6 Å². The average Bonchev–Trinajstić information content (AvgIpc) is 2.26. The zero-order valence-electron chi connectivity index (χ0n) is 9.40. The number of aromatic nitrogens is 1. The Hall–Kier alpha value is -0.610. The van der Waals surface area contributed by atoms with Crippen LogP contribution in [-0.4, -0.2) is 34.3 Å². The fraction of sp³-hybridized carbons (Fsp3) is 0.500. The number of carbonyl (C=O) groups is 1. The number of carbonyl (C=O) groups excluding carboxylic acids is 1. The molecule has 1 aliphatic carbocycles. The maximum absolute atomic E-state index is 12.4. The SMILES string of the molecule is O=C(c1ncccc1Br)N(CCCl)C1CCC1. The summed E-state index contributed by atoms with van der Waals surface area (Å²) in [5, 5.41) is 0. The van der Waals surface area contributed by atoms with E-state index in [-0.39, 0.29) is 5.91 Å². The Labute approximate surface area is 114 Å². The van der Waals surface area contributed by atoms with Crippen molar-refractivity contribution in [2.75, 3.05) is 12.4 Å². The van der Waals surface area contributed by atoms with E-state index < -0.39 is 0 Å². The number of hydrogen-bond acceptors (Lipinski definition) is 2. The van der Waals surface area contributed by atoms with E-state index in [0.717, 1.165) is 17.3 Å². The van der Waals surface area contributed by atoms with Crippen molar-refractivity contribution in [1.82, 2.24) is 9.88 Å². The summed E-state index contributed by atoms with van der Waals surface area (Å²) in [5.41, 5.74) is 0.476. The second-order valence-corrected chi connectivity index (χ2v) is 5.34. The van der Waals surface area contributed by atoms with E-state index in [1.165, 1.54) is 6.42 Å². The van der Waals surface area contributed by atoms with E-state index >= 15 is 0 Å². The Morgan fingerprint density at radius 3 is 2.88 bits per heavy atom. The highest BCUT2D eigenvalue weighted by Gasteiger charge is 2.30. The smallest absolute Gasteiger partial charge is 0.273 e. The Bertz CT molecular complexity index is 409. The molecule has 5 heteroatoms. The third-order valence-electron chi connectivity index (χ3n) is 3.06. The van der Waals surface area contributed by atoms with E-state index in [4.69, 9.17) is 11.6 Å². The van der Waals surface area contributed by atoms with E-state index in [1.54, 1.807) is 12.3 Å². The molecule has 1 heterocycles. The zero-order valence-corrected chi connectivity index (χ0v) is 11.7. The zero-order chi connectivity index (χ0) is 12.3. The fourth-order valence-corrected chi connectivity index (χ4v) is 2.53. The van der Waals surface area contributed by atoms with Crippen LogP contribution in [0.4, 0.5) is 0 Å². The molecule has 0 aromatic carbocycles. The first-order valence-corrected chi connectivity index (χ1v) is 7.04. The van der Waals surface area contributed by atoms with Gasteiger partial charge in [0.2, 0.25) is 0 Å². The van der Waals surface area contributed by atoms with Crippen LogP contribution in [-0.2, 0) is 0 Å². The second kappa shape index (κ2) is 5.83. The van der Waals surface area contributed by atoms with Gasteiger partial charge in [-0.25, -0.2) is 4.98 Å². The molecule has 3 nitrogen and oxygen atoms in total. The molecule has 1 aliphatic rings. The number of nitrogens with zero attached hydrogens (tertiary/aromatic N) is 2. The van der Waals surface area contributed by atoms with Crippen molar-refractivity contribution in [1.29, 1.82) is 0 Å². The molecule has 0 spiro atoms. The Balaban J connectivity index is 2.18. The fourth-order valence-electron chi connectivity index (χ4n) is 1.92. The minimum atomic E-state index is -0.0252. The molecular weight excluding hydrogens is 304 g/mol. The summed E-state index contributed by atoms with van der Waals surface area (Å²) < 4.78 is 0.740. The van der Waals surface area contributed by atoms with Gasteiger partial charge in [0.1, 0.15) is 5.69 Å². The molecule has 2 rings (SSSR count). The van der Waals surface area contributed by atoms with Gasteiger partial charge < -0.3 is 4.90 Å². The summed E-state index contributed by atoms with van der Waals surface area (Å²) in [7, 11) is 0. The molecule has 92 valence electrons. The lowest BCUT2D eigenvalue weighted by molar-refractivity contribution is 0.0591. The Morgan fingerprint density at radius 2 is 2.35 bits per heavy atom. The average molecular weight is 318 g/mol. The molecule has 0 bridgehead atoms. The molecule has 1 amide bonds. The number of halogens is 2. The van der Waals surface area contributed by atoms with Crippen LogP contribution in [0.3, 0.4) is 0 Å².